The quantitative estimate of drug-likeness (QED) is 0.349. The van der Waals surface area contributed by atoms with E-state index in [1.807, 2.05) is 48.0 Å². The zero-order valence-electron chi connectivity index (χ0n) is 19.7. The van der Waals surface area contributed by atoms with E-state index in [0.717, 1.165) is 47.6 Å². The summed E-state index contributed by atoms with van der Waals surface area (Å²) in [5, 5.41) is 15.5. The van der Waals surface area contributed by atoms with E-state index in [9.17, 15) is 18.3 Å². The maximum Gasteiger partial charge on any atom is 0.335 e. The highest BCUT2D eigenvalue weighted by molar-refractivity contribution is 7.92. The molecule has 0 aliphatic heterocycles. The van der Waals surface area contributed by atoms with E-state index in [0.29, 0.717) is 17.1 Å². The molecule has 7 nitrogen and oxygen atoms in total. The molecule has 0 spiro atoms. The predicted molar refractivity (Wildman–Crippen MR) is 136 cm³/mol. The predicted octanol–water partition coefficient (Wildman–Crippen LogP) is 5.93. The SMILES string of the molecule is Cc1nn(C2CCCC2)c(C)c1S(=O)(=O)Nc1ccc(-c2cccc(C(=O)O)c2)c2ccccc12. The molecule has 1 aliphatic rings. The fraction of sp³-hybridized carbons (Fsp3) is 0.259. The van der Waals surface area contributed by atoms with E-state index in [1.165, 1.54) is 0 Å². The maximum atomic E-state index is 13.6. The Bertz CT molecular complexity index is 1550. The van der Waals surface area contributed by atoms with Gasteiger partial charge in [0, 0.05) is 5.39 Å². The number of rotatable bonds is 6. The second-order valence-corrected chi connectivity index (χ2v) is 10.7. The molecule has 4 aromatic rings. The van der Waals surface area contributed by atoms with Crippen LogP contribution in [0.15, 0.2) is 65.6 Å². The van der Waals surface area contributed by atoms with Gasteiger partial charge >= 0.3 is 5.97 Å². The lowest BCUT2D eigenvalue weighted by molar-refractivity contribution is 0.0697. The van der Waals surface area contributed by atoms with Gasteiger partial charge < -0.3 is 5.11 Å². The molecule has 0 amide bonds. The summed E-state index contributed by atoms with van der Waals surface area (Å²) in [6.07, 6.45) is 4.31. The minimum atomic E-state index is -3.88. The van der Waals surface area contributed by atoms with Crippen molar-refractivity contribution in [3.8, 4) is 11.1 Å². The average molecular weight is 490 g/mol. The fourth-order valence-corrected chi connectivity index (χ4v) is 6.68. The monoisotopic (exact) mass is 489 g/mol. The molecule has 0 unspecified atom stereocenters. The molecule has 180 valence electrons. The molecule has 3 aromatic carbocycles. The number of hydrogen-bond donors (Lipinski definition) is 2. The van der Waals surface area contributed by atoms with Crippen LogP contribution in [0.3, 0.4) is 0 Å². The highest BCUT2D eigenvalue weighted by Gasteiger charge is 2.29. The normalized spacial score (nSPS) is 14.5. The van der Waals surface area contributed by atoms with Crippen molar-refractivity contribution in [2.24, 2.45) is 0 Å². The van der Waals surface area contributed by atoms with Crippen LogP contribution in [-0.4, -0.2) is 29.3 Å². The van der Waals surface area contributed by atoms with E-state index in [4.69, 9.17) is 0 Å². The number of aromatic carboxylic acids is 1. The van der Waals surface area contributed by atoms with Crippen molar-refractivity contribution in [1.29, 1.82) is 0 Å². The number of carbonyl (C=O) groups is 1. The van der Waals surface area contributed by atoms with Crippen LogP contribution in [0, 0.1) is 13.8 Å². The van der Waals surface area contributed by atoms with Gasteiger partial charge in [-0.1, -0.05) is 55.3 Å². The number of aromatic nitrogens is 2. The number of fused-ring (bicyclic) bond motifs is 1. The van der Waals surface area contributed by atoms with E-state index >= 15 is 0 Å². The van der Waals surface area contributed by atoms with Crippen molar-refractivity contribution in [2.45, 2.75) is 50.5 Å². The lowest BCUT2D eigenvalue weighted by Gasteiger charge is -2.15. The van der Waals surface area contributed by atoms with Crippen LogP contribution in [0.2, 0.25) is 0 Å². The summed E-state index contributed by atoms with van der Waals surface area (Å²) in [6.45, 7) is 3.56. The van der Waals surface area contributed by atoms with Gasteiger partial charge in [-0.05, 0) is 61.4 Å². The molecular formula is C27H27N3O4S. The lowest BCUT2D eigenvalue weighted by atomic mass is 9.96. The van der Waals surface area contributed by atoms with Crippen LogP contribution < -0.4 is 4.72 Å². The summed E-state index contributed by atoms with van der Waals surface area (Å²) < 4.78 is 31.8. The number of carboxylic acids is 1. The van der Waals surface area contributed by atoms with Gasteiger partial charge in [0.15, 0.2) is 0 Å². The molecule has 0 radical (unpaired) electrons. The Morgan fingerprint density at radius 2 is 1.71 bits per heavy atom. The molecule has 2 N–H and O–H groups in total. The first-order valence-electron chi connectivity index (χ1n) is 11.7. The summed E-state index contributed by atoms with van der Waals surface area (Å²) in [5.74, 6) is -0.996. The molecule has 0 saturated heterocycles. The van der Waals surface area contributed by atoms with Crippen molar-refractivity contribution in [3.63, 3.8) is 0 Å². The van der Waals surface area contributed by atoms with Crippen molar-refractivity contribution >= 4 is 32.5 Å². The second-order valence-electron chi connectivity index (χ2n) is 9.08. The first-order valence-corrected chi connectivity index (χ1v) is 13.2. The van der Waals surface area contributed by atoms with Gasteiger partial charge in [-0.15, -0.1) is 0 Å². The fourth-order valence-electron chi connectivity index (χ4n) is 5.20. The smallest absolute Gasteiger partial charge is 0.335 e. The number of benzene rings is 3. The van der Waals surface area contributed by atoms with Gasteiger partial charge in [0.25, 0.3) is 10.0 Å². The minimum Gasteiger partial charge on any atom is -0.478 e. The largest absolute Gasteiger partial charge is 0.478 e. The van der Waals surface area contributed by atoms with Gasteiger partial charge in [-0.3, -0.25) is 9.40 Å². The molecular weight excluding hydrogens is 462 g/mol. The van der Waals surface area contributed by atoms with Crippen molar-refractivity contribution < 1.29 is 18.3 Å². The Morgan fingerprint density at radius 1 is 1.00 bits per heavy atom. The third-order valence-electron chi connectivity index (χ3n) is 6.79. The maximum absolute atomic E-state index is 13.6. The van der Waals surface area contributed by atoms with Gasteiger partial charge in [0.2, 0.25) is 0 Å². The molecule has 5 rings (SSSR count). The number of nitrogens with zero attached hydrogens (tertiary/aromatic N) is 2. The summed E-state index contributed by atoms with van der Waals surface area (Å²) in [5.41, 5.74) is 3.39. The third-order valence-corrected chi connectivity index (χ3v) is 8.40. The van der Waals surface area contributed by atoms with Crippen LogP contribution in [0.4, 0.5) is 5.69 Å². The summed E-state index contributed by atoms with van der Waals surface area (Å²) in [7, 11) is -3.88. The lowest BCUT2D eigenvalue weighted by Crippen LogP contribution is -2.16. The first kappa shape index (κ1) is 23.1. The summed E-state index contributed by atoms with van der Waals surface area (Å²) in [6, 6.07) is 18.0. The van der Waals surface area contributed by atoms with Gasteiger partial charge in [0.05, 0.1) is 28.7 Å². The molecule has 1 fully saturated rings. The zero-order valence-corrected chi connectivity index (χ0v) is 20.5. The van der Waals surface area contributed by atoms with Gasteiger partial charge in [-0.2, -0.15) is 5.10 Å². The van der Waals surface area contributed by atoms with Crippen LogP contribution in [0.1, 0.15) is 53.5 Å². The Labute approximate surface area is 204 Å². The summed E-state index contributed by atoms with van der Waals surface area (Å²) in [4.78, 5) is 11.7. The second kappa shape index (κ2) is 8.85. The molecule has 1 saturated carbocycles. The first-order chi connectivity index (χ1) is 16.8. The number of anilines is 1. The van der Waals surface area contributed by atoms with Gasteiger partial charge in [0.1, 0.15) is 4.90 Å². The van der Waals surface area contributed by atoms with Crippen LogP contribution >= 0.6 is 0 Å². The molecule has 1 aromatic heterocycles. The van der Waals surface area contributed by atoms with Crippen molar-refractivity contribution in [1.82, 2.24) is 9.78 Å². The average Bonchev–Trinajstić information content (AvgIpc) is 3.47. The molecule has 1 heterocycles. The van der Waals surface area contributed by atoms with Crippen LogP contribution in [0.5, 0.6) is 0 Å². The third kappa shape index (κ3) is 4.18. The van der Waals surface area contributed by atoms with Crippen LogP contribution in [-0.2, 0) is 10.0 Å². The number of hydrogen-bond acceptors (Lipinski definition) is 4. The highest BCUT2D eigenvalue weighted by Crippen LogP contribution is 2.36. The minimum absolute atomic E-state index is 0.196. The zero-order chi connectivity index (χ0) is 24.7. The summed E-state index contributed by atoms with van der Waals surface area (Å²) >= 11 is 0. The van der Waals surface area contributed by atoms with Gasteiger partial charge in [-0.25, -0.2) is 13.2 Å². The Kier molecular flexibility index (Phi) is 5.84. The van der Waals surface area contributed by atoms with E-state index in [2.05, 4.69) is 9.82 Å². The van der Waals surface area contributed by atoms with E-state index in [-0.39, 0.29) is 16.5 Å². The van der Waals surface area contributed by atoms with E-state index in [1.54, 1.807) is 31.2 Å². The molecule has 0 atom stereocenters. The highest BCUT2D eigenvalue weighted by atomic mass is 32.2. The molecule has 8 heteroatoms. The van der Waals surface area contributed by atoms with E-state index < -0.39 is 16.0 Å². The van der Waals surface area contributed by atoms with Crippen molar-refractivity contribution in [3.05, 3.63) is 77.6 Å². The standard InChI is InChI=1S/C27H27N3O4S/c1-17-26(18(2)30(28-17)21-10-3-4-11-21)35(33,34)29-25-15-14-22(23-12-5-6-13-24(23)25)19-8-7-9-20(16-19)27(31)32/h5-9,12-16,21,29H,3-4,10-11H2,1-2H3,(H,31,32). The Morgan fingerprint density at radius 3 is 2.43 bits per heavy atom. The van der Waals surface area contributed by atoms with Crippen molar-refractivity contribution in [2.75, 3.05) is 4.72 Å². The number of sulfonamides is 1. The molecule has 1 aliphatic carbocycles. The number of nitrogens with one attached hydrogen (secondary N) is 1. The molecule has 0 bridgehead atoms. The van der Waals surface area contributed by atoms with Crippen LogP contribution in [0.25, 0.3) is 21.9 Å². The molecule has 35 heavy (non-hydrogen) atoms. The number of aryl methyl sites for hydroxylation is 1. The Hall–Kier alpha value is -3.65. The Balaban J connectivity index is 1.56. The number of carboxylic acid groups (broad SMARTS) is 1. The topological polar surface area (TPSA) is 101 Å².